The number of aromatic hydroxyl groups is 12. The molecule has 16 N–H and O–H groups in total. The topological polar surface area (TPSA) is 491 Å². The van der Waals surface area contributed by atoms with E-state index in [0.717, 1.165) is 18.2 Å². The molecule has 5 aromatic carbocycles. The number of ether oxygens (including phenoxy) is 7. The zero-order valence-corrected chi connectivity index (χ0v) is 38.5. The Morgan fingerprint density at radius 1 is 0.526 bits per heavy atom. The lowest BCUT2D eigenvalue weighted by atomic mass is 9.66. The fourth-order valence-electron chi connectivity index (χ4n) is 10.6. The van der Waals surface area contributed by atoms with Gasteiger partial charge in [0.25, 0.3) is 0 Å². The highest BCUT2D eigenvalue weighted by Crippen LogP contribution is 2.65. The van der Waals surface area contributed by atoms with Crippen LogP contribution >= 0.6 is 0 Å². The molecule has 1 spiro atoms. The molecule has 29 heteroatoms. The molecule has 0 amide bonds. The highest BCUT2D eigenvalue weighted by atomic mass is 16.7. The third-order valence-electron chi connectivity index (χ3n) is 14.1. The lowest BCUT2D eigenvalue weighted by molar-refractivity contribution is -0.226. The van der Waals surface area contributed by atoms with Crippen LogP contribution in [0.4, 0.5) is 0 Å². The van der Waals surface area contributed by atoms with Gasteiger partial charge in [0.2, 0.25) is 22.8 Å². The van der Waals surface area contributed by atoms with Gasteiger partial charge in [-0.1, -0.05) is 6.07 Å². The Kier molecular flexibility index (Phi) is 10.6. The van der Waals surface area contributed by atoms with Crippen LogP contribution < -0.4 is 9.47 Å². The highest BCUT2D eigenvalue weighted by Gasteiger charge is 2.76. The minimum atomic E-state index is -4.21. The molecular weight excluding hydrogens is 1050 g/mol. The molecule has 0 saturated carbocycles. The van der Waals surface area contributed by atoms with E-state index in [9.17, 15) is 101 Å². The van der Waals surface area contributed by atoms with Gasteiger partial charge in [0.15, 0.2) is 64.3 Å². The normalized spacial score (nSPS) is 26.8. The summed E-state index contributed by atoms with van der Waals surface area (Å²) >= 11 is 0. The summed E-state index contributed by atoms with van der Waals surface area (Å²) in [6, 6.07) is 5.01. The molecule has 0 aliphatic carbocycles. The van der Waals surface area contributed by atoms with E-state index in [2.05, 4.69) is 0 Å². The maximum Gasteiger partial charge on any atom is 0.382 e. The second kappa shape index (κ2) is 16.6. The average Bonchev–Trinajstić information content (AvgIpc) is 2.28. The molecule has 404 valence electrons. The molecule has 1 saturated heterocycles. The predicted octanol–water partition coefficient (Wildman–Crippen LogP) is 0.0778. The lowest BCUT2D eigenvalue weighted by Gasteiger charge is -2.49. The number of rotatable bonds is 3. The molecule has 29 nitrogen and oxygen atoms in total. The molecule has 6 heterocycles. The zero-order chi connectivity index (χ0) is 56.3. The van der Waals surface area contributed by atoms with E-state index in [0.29, 0.717) is 12.1 Å². The summed E-state index contributed by atoms with van der Waals surface area (Å²) in [4.78, 5) is 87.2. The lowest BCUT2D eigenvalue weighted by Crippen LogP contribution is -2.68. The van der Waals surface area contributed by atoms with E-state index < -0.39 is 233 Å². The Morgan fingerprint density at radius 3 is 1.64 bits per heavy atom. The van der Waals surface area contributed by atoms with Gasteiger partial charge in [0, 0.05) is 40.3 Å². The maximum atomic E-state index is 15.1. The van der Waals surface area contributed by atoms with Crippen LogP contribution in [0.3, 0.4) is 0 Å². The molecule has 5 aromatic rings. The smallest absolute Gasteiger partial charge is 0.382 e. The first-order valence-corrected chi connectivity index (χ1v) is 22.4. The van der Waals surface area contributed by atoms with Crippen molar-refractivity contribution >= 4 is 41.4 Å². The molecule has 0 aromatic heterocycles. The number of phenols is 12. The summed E-state index contributed by atoms with van der Waals surface area (Å²) in [5.41, 5.74) is -14.8. The van der Waals surface area contributed by atoms with Gasteiger partial charge in [-0.05, 0) is 35.9 Å². The van der Waals surface area contributed by atoms with Gasteiger partial charge in [0.1, 0.15) is 41.6 Å². The first-order valence-electron chi connectivity index (χ1n) is 22.4. The average molecular weight is 1090 g/mol. The van der Waals surface area contributed by atoms with E-state index >= 15 is 9.59 Å². The molecule has 6 aliphatic heterocycles. The number of aliphatic carboxylic acids is 1. The summed E-state index contributed by atoms with van der Waals surface area (Å²) < 4.78 is 40.7. The summed E-state index contributed by atoms with van der Waals surface area (Å²) in [6.07, 6.45) is -14.8. The Hall–Kier alpha value is -10.3. The van der Waals surface area contributed by atoms with Crippen LogP contribution in [0.15, 0.2) is 48.0 Å². The van der Waals surface area contributed by atoms with Crippen molar-refractivity contribution in [3.63, 3.8) is 0 Å². The molecule has 6 aliphatic rings. The van der Waals surface area contributed by atoms with Crippen molar-refractivity contribution in [3.05, 3.63) is 87.0 Å². The van der Waals surface area contributed by atoms with Crippen molar-refractivity contribution in [2.75, 3.05) is 6.61 Å². The largest absolute Gasteiger partial charge is 0.507 e. The Labute approximate surface area is 429 Å². The molecule has 0 radical (unpaired) electrons. The summed E-state index contributed by atoms with van der Waals surface area (Å²) in [7, 11) is 0. The minimum absolute atomic E-state index is 0.0720. The number of esters is 5. The van der Waals surface area contributed by atoms with Crippen LogP contribution in [-0.4, -0.2) is 166 Å². The number of carboxylic acid groups (broad SMARTS) is 1. The number of aliphatic hydroxyl groups excluding tert-OH is 2. The number of fused-ring (bicyclic) bond motifs is 12. The first-order chi connectivity index (χ1) is 36.7. The number of benzene rings is 5. The number of carboxylic acids is 1. The fraction of sp³-hybridized carbons (Fsp3) is 0.224. The minimum Gasteiger partial charge on any atom is -0.507 e. The van der Waals surface area contributed by atoms with Crippen molar-refractivity contribution in [3.8, 4) is 91.6 Å². The monoisotopic (exact) mass is 1090 g/mol. The van der Waals surface area contributed by atoms with Crippen molar-refractivity contribution in [2.45, 2.75) is 60.4 Å². The SMILES string of the molecule is O=C1OC2C(C3OC(=O)c4cc(O)c(O)c(O)c4-c4c(cc(O)c(O)c4O)C(=O)OCC3O)OC(=O)c3cc(O)c(O)c(O)c3C3=C1C1(Oc4cc(O)c5c(c4C21)OC(c1ccc(O)c(O)c1)C(O)C5)C(=O)OC3(O)C(=O)O. The molecule has 2 bridgehead atoms. The number of cyclic esters (lactones) is 4. The van der Waals surface area contributed by atoms with E-state index in [-0.39, 0.29) is 17.2 Å². The van der Waals surface area contributed by atoms with Gasteiger partial charge in [-0.15, -0.1) is 0 Å². The van der Waals surface area contributed by atoms with Crippen molar-refractivity contribution < 1.29 is 144 Å². The molecule has 9 unspecified atom stereocenters. The van der Waals surface area contributed by atoms with Crippen molar-refractivity contribution in [1.82, 2.24) is 0 Å². The molecule has 9 atom stereocenters. The number of carbonyl (C=O) groups is 6. The fourth-order valence-corrected chi connectivity index (χ4v) is 10.6. The Balaban J connectivity index is 1.21. The summed E-state index contributed by atoms with van der Waals surface area (Å²) in [6.45, 7) is -1.46. The summed E-state index contributed by atoms with van der Waals surface area (Å²) in [5.74, 6) is -35.4. The molecule has 1 fully saturated rings. The van der Waals surface area contributed by atoms with Crippen molar-refractivity contribution in [2.24, 2.45) is 0 Å². The highest BCUT2D eigenvalue weighted by molar-refractivity contribution is 6.18. The third-order valence-corrected chi connectivity index (χ3v) is 14.1. The second-order valence-electron chi connectivity index (χ2n) is 18.4. The quantitative estimate of drug-likeness (QED) is 0.0646. The van der Waals surface area contributed by atoms with Gasteiger partial charge < -0.3 is 115 Å². The number of hydrogen-bond donors (Lipinski definition) is 16. The number of hydrogen-bond acceptors (Lipinski definition) is 28. The van der Waals surface area contributed by atoms with E-state index in [4.69, 9.17) is 33.2 Å². The van der Waals surface area contributed by atoms with Gasteiger partial charge in [0.05, 0.1) is 34.3 Å². The van der Waals surface area contributed by atoms with Gasteiger partial charge in [-0.2, -0.15) is 0 Å². The van der Waals surface area contributed by atoms with E-state index in [1.807, 2.05) is 0 Å². The van der Waals surface area contributed by atoms with Gasteiger partial charge >= 0.3 is 41.6 Å². The zero-order valence-electron chi connectivity index (χ0n) is 38.5. The van der Waals surface area contributed by atoms with Crippen LogP contribution in [-0.2, 0) is 44.5 Å². The van der Waals surface area contributed by atoms with Crippen molar-refractivity contribution in [1.29, 1.82) is 0 Å². The van der Waals surface area contributed by atoms with Gasteiger partial charge in [-0.25, -0.2) is 28.8 Å². The second-order valence-corrected chi connectivity index (χ2v) is 18.4. The van der Waals surface area contributed by atoms with Gasteiger partial charge in [-0.3, -0.25) is 0 Å². The molecule has 11 rings (SSSR count). The maximum absolute atomic E-state index is 15.1. The van der Waals surface area contributed by atoms with Crippen LogP contribution in [0.25, 0.3) is 16.7 Å². The standard InChI is InChI=1S/C49H34O29/c50-15-2-1-10(3-17(15)52)37-21(56)4-11-16(51)8-23-27(38(11)73-37)29-40-41(39-22(57)9-72-42(64)12-5-18(53)31(58)34(61)24(12)25-13(43(65)74-39)6-19(54)32(59)35(25)62)76-44(66)14-7-20(55)33(60)36(63)26(14)28-30(45(67)75-40)48(29,77-23)47(70)78-49(28,71)46(68)69/h1-3,5-8,21-22,29,37,39-41,50-63,71H,4,9H2,(H,68,69). The third kappa shape index (κ3) is 6.64. The number of aliphatic hydroxyl groups is 3. The number of carbonyl (C=O) groups excluding carboxylic acids is 5. The Morgan fingerprint density at radius 2 is 1.06 bits per heavy atom. The van der Waals surface area contributed by atoms with E-state index in [1.165, 1.54) is 6.07 Å². The summed E-state index contributed by atoms with van der Waals surface area (Å²) in [5, 5.41) is 176. The van der Waals surface area contributed by atoms with Crippen LogP contribution in [0.2, 0.25) is 0 Å². The van der Waals surface area contributed by atoms with Crippen LogP contribution in [0.1, 0.15) is 65.3 Å². The van der Waals surface area contributed by atoms with Crippen LogP contribution in [0, 0.1) is 0 Å². The predicted molar refractivity (Wildman–Crippen MR) is 241 cm³/mol. The first kappa shape index (κ1) is 49.9. The Bertz CT molecular complexity index is 3670. The molecule has 78 heavy (non-hydrogen) atoms. The van der Waals surface area contributed by atoms with E-state index in [1.54, 1.807) is 0 Å². The number of phenolic OH excluding ortho intramolecular Hbond substituents is 12. The van der Waals surface area contributed by atoms with Crippen LogP contribution in [0.5, 0.6) is 80.5 Å². The molecular formula is C49H34O29.